The van der Waals surface area contributed by atoms with Crippen molar-refractivity contribution in [3.8, 4) is 0 Å². The topological polar surface area (TPSA) is 71.4 Å². The van der Waals surface area contributed by atoms with Crippen molar-refractivity contribution in [2.75, 3.05) is 6.54 Å². The molecule has 1 aliphatic carbocycles. The molecule has 1 aromatic carbocycles. The Balaban J connectivity index is 1.54. The second kappa shape index (κ2) is 7.42. The first kappa shape index (κ1) is 20.4. The number of amides is 3. The molecule has 1 saturated heterocycles. The van der Waals surface area contributed by atoms with Crippen LogP contribution < -0.4 is 5.32 Å². The number of hydrogen-bond acceptors (Lipinski definition) is 3. The van der Waals surface area contributed by atoms with Gasteiger partial charge in [-0.2, -0.15) is 0 Å². The standard InChI is InChI=1S/C24H29N3O3/c1-5-6-17-7-9-18(10-8-17)24(4)22(29)26(23(30)25-24)14-21(28)20-13-15(2)27(16(20)3)19-11-12-19/h7-10,13,19H,5-6,11-12,14H2,1-4H3,(H,25,30). The zero-order chi connectivity index (χ0) is 21.6. The minimum Gasteiger partial charge on any atom is -0.345 e. The summed E-state index contributed by atoms with van der Waals surface area (Å²) in [7, 11) is 0. The second-order valence-electron chi connectivity index (χ2n) is 8.70. The number of benzene rings is 1. The van der Waals surface area contributed by atoms with Crippen molar-refractivity contribution in [1.82, 2.24) is 14.8 Å². The van der Waals surface area contributed by atoms with E-state index in [1.807, 2.05) is 44.2 Å². The first-order valence-corrected chi connectivity index (χ1v) is 10.7. The van der Waals surface area contributed by atoms with Gasteiger partial charge >= 0.3 is 6.03 Å². The van der Waals surface area contributed by atoms with Crippen LogP contribution in [-0.2, 0) is 16.8 Å². The van der Waals surface area contributed by atoms with E-state index in [1.54, 1.807) is 6.92 Å². The lowest BCUT2D eigenvalue weighted by atomic mass is 9.91. The smallest absolute Gasteiger partial charge is 0.325 e. The molecule has 2 aromatic rings. The van der Waals surface area contributed by atoms with Crippen molar-refractivity contribution in [3.63, 3.8) is 0 Å². The first-order valence-electron chi connectivity index (χ1n) is 10.7. The molecule has 6 heteroatoms. The number of Topliss-reactive ketones (excluding diaryl/α,β-unsaturated/α-hetero) is 1. The number of imide groups is 1. The van der Waals surface area contributed by atoms with Gasteiger partial charge in [0.05, 0.1) is 6.54 Å². The zero-order valence-electron chi connectivity index (χ0n) is 18.1. The molecule has 1 saturated carbocycles. The van der Waals surface area contributed by atoms with Crippen molar-refractivity contribution in [1.29, 1.82) is 0 Å². The van der Waals surface area contributed by atoms with Gasteiger partial charge in [0.15, 0.2) is 5.78 Å². The second-order valence-corrected chi connectivity index (χ2v) is 8.70. The summed E-state index contributed by atoms with van der Waals surface area (Å²) in [5, 5.41) is 2.79. The average Bonchev–Trinajstić information content (AvgIpc) is 3.46. The molecule has 158 valence electrons. The van der Waals surface area contributed by atoms with Crippen LogP contribution in [0, 0.1) is 13.8 Å². The molecule has 6 nitrogen and oxygen atoms in total. The number of nitrogens with zero attached hydrogens (tertiary/aromatic N) is 2. The molecule has 2 aliphatic rings. The van der Waals surface area contributed by atoms with Crippen molar-refractivity contribution in [3.05, 3.63) is 58.4 Å². The van der Waals surface area contributed by atoms with Gasteiger partial charge in [-0.25, -0.2) is 4.79 Å². The highest BCUT2D eigenvalue weighted by Crippen LogP contribution is 2.38. The minimum atomic E-state index is -1.16. The molecule has 4 rings (SSSR count). The molecule has 1 unspecified atom stereocenters. The highest BCUT2D eigenvalue weighted by molar-refractivity contribution is 6.11. The molecular formula is C24H29N3O3. The number of aromatic nitrogens is 1. The Hall–Kier alpha value is -2.89. The fraction of sp³-hybridized carbons (Fsp3) is 0.458. The highest BCUT2D eigenvalue weighted by Gasteiger charge is 2.49. The van der Waals surface area contributed by atoms with E-state index >= 15 is 0 Å². The van der Waals surface area contributed by atoms with Gasteiger partial charge in [0, 0.05) is 23.0 Å². The maximum Gasteiger partial charge on any atom is 0.325 e. The van der Waals surface area contributed by atoms with Crippen LogP contribution in [-0.4, -0.2) is 33.7 Å². The van der Waals surface area contributed by atoms with Crippen LogP contribution in [0.25, 0.3) is 0 Å². The third kappa shape index (κ3) is 3.34. The Kier molecular flexibility index (Phi) is 5.04. The molecule has 0 bridgehead atoms. The van der Waals surface area contributed by atoms with Crippen LogP contribution in [0.2, 0.25) is 0 Å². The van der Waals surface area contributed by atoms with Crippen molar-refractivity contribution >= 4 is 17.7 Å². The van der Waals surface area contributed by atoms with Gasteiger partial charge in [0.25, 0.3) is 5.91 Å². The summed E-state index contributed by atoms with van der Waals surface area (Å²) in [4.78, 5) is 39.8. The normalized spacial score (nSPS) is 21.3. The number of aryl methyl sites for hydroxylation is 2. The summed E-state index contributed by atoms with van der Waals surface area (Å²) >= 11 is 0. The Bertz CT molecular complexity index is 1020. The number of carbonyl (C=O) groups excluding carboxylic acids is 3. The molecule has 0 radical (unpaired) electrons. The third-order valence-corrected chi connectivity index (χ3v) is 6.34. The largest absolute Gasteiger partial charge is 0.345 e. The molecule has 3 amide bonds. The number of rotatable bonds is 7. The maximum atomic E-state index is 13.2. The van der Waals surface area contributed by atoms with Gasteiger partial charge in [0.2, 0.25) is 0 Å². The predicted octanol–water partition coefficient (Wildman–Crippen LogP) is 4.04. The molecule has 2 fully saturated rings. The summed E-state index contributed by atoms with van der Waals surface area (Å²) in [6.45, 7) is 7.50. The first-order chi connectivity index (χ1) is 14.3. The SMILES string of the molecule is CCCc1ccc(C2(C)NC(=O)N(CC(=O)c3cc(C)n(C4CC4)c3C)C2=O)cc1. The molecule has 30 heavy (non-hydrogen) atoms. The third-order valence-electron chi connectivity index (χ3n) is 6.34. The molecule has 1 aliphatic heterocycles. The quantitative estimate of drug-likeness (QED) is 0.556. The van der Waals surface area contributed by atoms with E-state index in [9.17, 15) is 14.4 Å². The van der Waals surface area contributed by atoms with Crippen molar-refractivity contribution < 1.29 is 14.4 Å². The molecule has 2 heterocycles. The maximum absolute atomic E-state index is 13.2. The summed E-state index contributed by atoms with van der Waals surface area (Å²) in [5.41, 5.74) is 3.32. The molecular weight excluding hydrogens is 378 g/mol. The fourth-order valence-electron chi connectivity index (χ4n) is 4.51. The Morgan fingerprint density at radius 3 is 2.43 bits per heavy atom. The molecule has 1 atom stereocenters. The lowest BCUT2D eigenvalue weighted by molar-refractivity contribution is -0.130. The van der Waals surface area contributed by atoms with E-state index in [2.05, 4.69) is 16.8 Å². The van der Waals surface area contributed by atoms with Gasteiger partial charge in [-0.05, 0) is 57.2 Å². The van der Waals surface area contributed by atoms with Crippen molar-refractivity contribution in [2.45, 2.75) is 65.0 Å². The van der Waals surface area contributed by atoms with E-state index in [-0.39, 0.29) is 18.2 Å². The lowest BCUT2D eigenvalue weighted by Gasteiger charge is -2.22. The number of carbonyl (C=O) groups is 3. The zero-order valence-corrected chi connectivity index (χ0v) is 18.1. The highest BCUT2D eigenvalue weighted by atomic mass is 16.2. The number of urea groups is 1. The fourth-order valence-corrected chi connectivity index (χ4v) is 4.51. The predicted molar refractivity (Wildman–Crippen MR) is 115 cm³/mol. The van der Waals surface area contributed by atoms with Gasteiger partial charge in [-0.1, -0.05) is 37.6 Å². The van der Waals surface area contributed by atoms with Crippen LogP contribution in [0.4, 0.5) is 4.79 Å². The summed E-state index contributed by atoms with van der Waals surface area (Å²) in [6.07, 6.45) is 4.28. The summed E-state index contributed by atoms with van der Waals surface area (Å²) in [6, 6.07) is 9.58. The van der Waals surface area contributed by atoms with Crippen LogP contribution in [0.3, 0.4) is 0 Å². The molecule has 1 aromatic heterocycles. The van der Waals surface area contributed by atoms with Crippen molar-refractivity contribution in [2.24, 2.45) is 0 Å². The van der Waals surface area contributed by atoms with Crippen LogP contribution >= 0.6 is 0 Å². The van der Waals surface area contributed by atoms with E-state index in [0.717, 1.165) is 47.5 Å². The molecule has 1 N–H and O–H groups in total. The van der Waals surface area contributed by atoms with Crippen LogP contribution in [0.1, 0.15) is 72.0 Å². The van der Waals surface area contributed by atoms with Gasteiger partial charge in [-0.3, -0.25) is 14.5 Å². The van der Waals surface area contributed by atoms with Crippen LogP contribution in [0.15, 0.2) is 30.3 Å². The minimum absolute atomic E-state index is 0.207. The lowest BCUT2D eigenvalue weighted by Crippen LogP contribution is -2.41. The van der Waals surface area contributed by atoms with Gasteiger partial charge in [-0.15, -0.1) is 0 Å². The Labute approximate surface area is 177 Å². The summed E-state index contributed by atoms with van der Waals surface area (Å²) in [5.74, 6) is -0.596. The van der Waals surface area contributed by atoms with Gasteiger partial charge in [0.1, 0.15) is 5.54 Å². The average molecular weight is 408 g/mol. The van der Waals surface area contributed by atoms with Crippen LogP contribution in [0.5, 0.6) is 0 Å². The van der Waals surface area contributed by atoms with E-state index in [1.165, 1.54) is 5.56 Å². The van der Waals surface area contributed by atoms with E-state index in [4.69, 9.17) is 0 Å². The van der Waals surface area contributed by atoms with E-state index < -0.39 is 11.6 Å². The number of ketones is 1. The number of nitrogens with one attached hydrogen (secondary N) is 1. The monoisotopic (exact) mass is 407 g/mol. The van der Waals surface area contributed by atoms with Gasteiger partial charge < -0.3 is 9.88 Å². The molecule has 0 spiro atoms. The van der Waals surface area contributed by atoms with E-state index in [0.29, 0.717) is 11.6 Å². The number of hydrogen-bond donors (Lipinski definition) is 1. The Morgan fingerprint density at radius 1 is 1.17 bits per heavy atom. The summed E-state index contributed by atoms with van der Waals surface area (Å²) < 4.78 is 2.20. The Morgan fingerprint density at radius 2 is 1.83 bits per heavy atom.